The van der Waals surface area contributed by atoms with Gasteiger partial charge in [0.25, 0.3) is 0 Å². The molecule has 0 aliphatic heterocycles. The minimum Gasteiger partial charge on any atom is -0.480 e. The van der Waals surface area contributed by atoms with E-state index in [0.717, 1.165) is 0 Å². The Kier molecular flexibility index (Phi) is 14.1. The van der Waals surface area contributed by atoms with Crippen molar-refractivity contribution in [3.8, 4) is 0 Å². The van der Waals surface area contributed by atoms with Crippen LogP contribution in [0.3, 0.4) is 0 Å². The van der Waals surface area contributed by atoms with Crippen LogP contribution in [0.4, 0.5) is 0 Å². The molecule has 0 heterocycles. The number of aliphatic hydroxyl groups is 1. The van der Waals surface area contributed by atoms with Crippen LogP contribution in [0, 0.1) is 5.92 Å². The van der Waals surface area contributed by atoms with Gasteiger partial charge in [-0.25, -0.2) is 4.79 Å². The Morgan fingerprint density at radius 1 is 0.970 bits per heavy atom. The molecule has 33 heavy (non-hydrogen) atoms. The maximum atomic E-state index is 12.8. The lowest BCUT2D eigenvalue weighted by molar-refractivity contribution is -0.142. The monoisotopic (exact) mass is 491 g/mol. The predicted molar refractivity (Wildman–Crippen MR) is 126 cm³/mol. The molecular weight excluding hydrogens is 454 g/mol. The molecule has 5 atom stereocenters. The zero-order valence-corrected chi connectivity index (χ0v) is 20.0. The fourth-order valence-corrected chi connectivity index (χ4v) is 2.91. The number of carbonyl (C=O) groups excluding carboxylic acids is 3. The van der Waals surface area contributed by atoms with Gasteiger partial charge < -0.3 is 43.4 Å². The molecular formula is C19H37N7O6S. The van der Waals surface area contributed by atoms with Gasteiger partial charge in [-0.3, -0.25) is 19.4 Å². The van der Waals surface area contributed by atoms with Crippen LogP contribution in [0.15, 0.2) is 4.99 Å². The first kappa shape index (κ1) is 30.4. The van der Waals surface area contributed by atoms with Crippen LogP contribution >= 0.6 is 12.6 Å². The number of aliphatic carboxylic acids is 1. The second kappa shape index (κ2) is 15.3. The van der Waals surface area contributed by atoms with Crippen LogP contribution in [0.25, 0.3) is 0 Å². The zero-order valence-electron chi connectivity index (χ0n) is 19.2. The van der Waals surface area contributed by atoms with Crippen LogP contribution in [0.1, 0.15) is 40.0 Å². The number of aliphatic hydroxyl groups excluding tert-OH is 1. The summed E-state index contributed by atoms with van der Waals surface area (Å²) < 4.78 is 0. The number of carboxylic acids is 1. The van der Waals surface area contributed by atoms with Crippen molar-refractivity contribution >= 4 is 42.3 Å². The highest BCUT2D eigenvalue weighted by atomic mass is 32.1. The van der Waals surface area contributed by atoms with Crippen LogP contribution in [0.2, 0.25) is 0 Å². The lowest BCUT2D eigenvalue weighted by Gasteiger charge is -2.27. The van der Waals surface area contributed by atoms with Gasteiger partial charge in [0.2, 0.25) is 17.7 Å². The molecule has 0 aromatic carbocycles. The van der Waals surface area contributed by atoms with E-state index in [-0.39, 0.29) is 37.0 Å². The van der Waals surface area contributed by atoms with E-state index >= 15 is 0 Å². The number of thiol groups is 1. The quantitative estimate of drug-likeness (QED) is 0.0499. The van der Waals surface area contributed by atoms with Crippen molar-refractivity contribution in [2.24, 2.45) is 28.1 Å². The second-order valence-electron chi connectivity index (χ2n) is 8.05. The van der Waals surface area contributed by atoms with Crippen molar-refractivity contribution in [2.75, 3.05) is 12.3 Å². The summed E-state index contributed by atoms with van der Waals surface area (Å²) in [6, 6.07) is -4.69. The second-order valence-corrected chi connectivity index (χ2v) is 8.42. The van der Waals surface area contributed by atoms with Gasteiger partial charge in [0.15, 0.2) is 5.96 Å². The minimum atomic E-state index is -1.37. The smallest absolute Gasteiger partial charge is 0.326 e. The van der Waals surface area contributed by atoms with Crippen molar-refractivity contribution in [2.45, 2.75) is 70.3 Å². The summed E-state index contributed by atoms with van der Waals surface area (Å²) in [5.74, 6) is -3.61. The average molecular weight is 492 g/mol. The molecule has 5 unspecified atom stereocenters. The Hall–Kier alpha value is -2.58. The molecule has 0 saturated carbocycles. The SMILES string of the molecule is CC(C)CC(NC(=O)C(NC(=O)C(N)CS)C(C)O)C(=O)NC(CCCN=C(N)N)C(=O)O. The van der Waals surface area contributed by atoms with E-state index in [0.29, 0.717) is 6.42 Å². The van der Waals surface area contributed by atoms with Gasteiger partial charge in [0.05, 0.1) is 12.1 Å². The normalized spacial score (nSPS) is 15.5. The Bertz CT molecular complexity index is 700. The molecule has 0 saturated heterocycles. The zero-order chi connectivity index (χ0) is 25.7. The summed E-state index contributed by atoms with van der Waals surface area (Å²) in [4.78, 5) is 52.9. The molecule has 190 valence electrons. The van der Waals surface area contributed by atoms with Crippen molar-refractivity contribution in [1.82, 2.24) is 16.0 Å². The summed E-state index contributed by atoms with van der Waals surface area (Å²) in [6.07, 6.45) is -0.730. The highest BCUT2D eigenvalue weighted by molar-refractivity contribution is 7.80. The van der Waals surface area contributed by atoms with Gasteiger partial charge >= 0.3 is 5.97 Å². The molecule has 0 aromatic rings. The van der Waals surface area contributed by atoms with Gasteiger partial charge in [-0.1, -0.05) is 13.8 Å². The molecule has 0 aromatic heterocycles. The molecule has 11 N–H and O–H groups in total. The van der Waals surface area contributed by atoms with Gasteiger partial charge in [0, 0.05) is 12.3 Å². The number of nitrogens with one attached hydrogen (secondary N) is 3. The highest BCUT2D eigenvalue weighted by Crippen LogP contribution is 2.08. The maximum Gasteiger partial charge on any atom is 0.326 e. The van der Waals surface area contributed by atoms with E-state index in [1.807, 2.05) is 13.8 Å². The standard InChI is InChI=1S/C19H37N7O6S/c1-9(2)7-13(16(29)24-12(18(31)32)5-4-6-23-19(21)22)25-17(30)14(10(3)27)26-15(28)11(20)8-33/h9-14,27,33H,4-8,20H2,1-3H3,(H,24,29)(H,25,30)(H,26,28)(H,31,32)(H4,21,22,23). The van der Waals surface area contributed by atoms with E-state index in [1.54, 1.807) is 0 Å². The number of hydrogen-bond acceptors (Lipinski definition) is 8. The first-order valence-corrected chi connectivity index (χ1v) is 11.2. The summed E-state index contributed by atoms with van der Waals surface area (Å²) in [5, 5.41) is 26.6. The number of aliphatic imine (C=N–C) groups is 1. The van der Waals surface area contributed by atoms with Crippen LogP contribution in [0.5, 0.6) is 0 Å². The van der Waals surface area contributed by atoms with Gasteiger partial charge in [-0.05, 0) is 32.1 Å². The molecule has 0 bridgehead atoms. The molecule has 0 aliphatic rings. The molecule has 0 radical (unpaired) electrons. The molecule has 3 amide bonds. The van der Waals surface area contributed by atoms with Crippen LogP contribution in [-0.4, -0.2) is 82.4 Å². The van der Waals surface area contributed by atoms with Gasteiger partial charge in [-0.15, -0.1) is 0 Å². The molecule has 0 aliphatic carbocycles. The Morgan fingerprint density at radius 2 is 1.55 bits per heavy atom. The third-order valence-corrected chi connectivity index (χ3v) is 4.89. The Labute approximate surface area is 198 Å². The molecule has 13 nitrogen and oxygen atoms in total. The van der Waals surface area contributed by atoms with Crippen molar-refractivity contribution in [3.05, 3.63) is 0 Å². The van der Waals surface area contributed by atoms with Crippen molar-refractivity contribution in [1.29, 1.82) is 0 Å². The average Bonchev–Trinajstić information content (AvgIpc) is 2.71. The first-order valence-electron chi connectivity index (χ1n) is 10.5. The van der Waals surface area contributed by atoms with Gasteiger partial charge in [0.1, 0.15) is 18.1 Å². The largest absolute Gasteiger partial charge is 0.480 e. The Balaban J connectivity index is 5.35. The molecule has 0 spiro atoms. The highest BCUT2D eigenvalue weighted by Gasteiger charge is 2.32. The lowest BCUT2D eigenvalue weighted by atomic mass is 10.0. The number of rotatable bonds is 15. The maximum absolute atomic E-state index is 12.8. The van der Waals surface area contributed by atoms with Crippen LogP contribution in [-0.2, 0) is 19.2 Å². The third-order valence-electron chi connectivity index (χ3n) is 4.50. The van der Waals surface area contributed by atoms with E-state index in [1.165, 1.54) is 6.92 Å². The lowest BCUT2D eigenvalue weighted by Crippen LogP contribution is -2.60. The fourth-order valence-electron chi connectivity index (χ4n) is 2.75. The molecule has 14 heteroatoms. The fraction of sp³-hybridized carbons (Fsp3) is 0.737. The number of amides is 3. The summed E-state index contributed by atoms with van der Waals surface area (Å²) in [5.41, 5.74) is 16.0. The number of carboxylic acid groups (broad SMARTS) is 1. The van der Waals surface area contributed by atoms with E-state index in [2.05, 4.69) is 33.6 Å². The van der Waals surface area contributed by atoms with Gasteiger partial charge in [-0.2, -0.15) is 12.6 Å². The summed E-state index contributed by atoms with van der Waals surface area (Å²) in [6.45, 7) is 5.12. The topological polar surface area (TPSA) is 235 Å². The molecule has 0 rings (SSSR count). The number of hydrogen-bond donors (Lipinski definition) is 9. The van der Waals surface area contributed by atoms with E-state index < -0.39 is 54.0 Å². The predicted octanol–water partition coefficient (Wildman–Crippen LogP) is -2.74. The first-order chi connectivity index (χ1) is 15.3. The van der Waals surface area contributed by atoms with E-state index in [9.17, 15) is 29.4 Å². The number of carbonyl (C=O) groups is 4. The summed E-state index contributed by atoms with van der Waals surface area (Å²) in [7, 11) is 0. The van der Waals surface area contributed by atoms with Crippen LogP contribution < -0.4 is 33.2 Å². The van der Waals surface area contributed by atoms with Crippen molar-refractivity contribution < 1.29 is 29.4 Å². The number of guanidine groups is 1. The van der Waals surface area contributed by atoms with E-state index in [4.69, 9.17) is 17.2 Å². The summed E-state index contributed by atoms with van der Waals surface area (Å²) >= 11 is 3.92. The number of nitrogens with two attached hydrogens (primary N) is 3. The minimum absolute atomic E-state index is 0.0259. The number of nitrogens with zero attached hydrogens (tertiary/aromatic N) is 1. The third kappa shape index (κ3) is 12.3. The molecule has 0 fully saturated rings. The Morgan fingerprint density at radius 3 is 2.00 bits per heavy atom. The van der Waals surface area contributed by atoms with Crippen molar-refractivity contribution in [3.63, 3.8) is 0 Å².